The number of aromatic nitrogens is 2. The number of carbonyl (C=O) groups excluding carboxylic acids is 1. The number of nitrogens with one attached hydrogen (secondary N) is 2. The van der Waals surface area contributed by atoms with Gasteiger partial charge in [0, 0.05) is 6.04 Å². The van der Waals surface area contributed by atoms with E-state index in [1.807, 2.05) is 6.92 Å². The number of nitrogens with zero attached hydrogens (tertiary/aromatic N) is 1. The summed E-state index contributed by atoms with van der Waals surface area (Å²) in [6, 6.07) is 0.125. The molecular weight excluding hydrogens is 270 g/mol. The number of amides is 1. The molecule has 0 radical (unpaired) electrons. The second-order valence-electron chi connectivity index (χ2n) is 6.74. The fourth-order valence-electron chi connectivity index (χ4n) is 4.07. The van der Waals surface area contributed by atoms with Crippen molar-refractivity contribution in [3.05, 3.63) is 11.8 Å². The van der Waals surface area contributed by atoms with Gasteiger partial charge in [-0.1, -0.05) is 0 Å². The van der Waals surface area contributed by atoms with Gasteiger partial charge in [0.25, 0.3) is 5.91 Å². The molecule has 2 fully saturated rings. The maximum atomic E-state index is 12.4. The number of rotatable bonds is 3. The van der Waals surface area contributed by atoms with E-state index in [1.54, 1.807) is 0 Å². The van der Waals surface area contributed by atoms with E-state index in [0.29, 0.717) is 23.3 Å². The van der Waals surface area contributed by atoms with E-state index in [2.05, 4.69) is 15.5 Å². The van der Waals surface area contributed by atoms with Gasteiger partial charge in [0.1, 0.15) is 5.56 Å². The maximum absolute atomic E-state index is 12.4. The number of hydrogen-bond acceptors (Lipinski definition) is 4. The van der Waals surface area contributed by atoms with Crippen LogP contribution in [0.5, 0.6) is 5.88 Å². The Kier molecular flexibility index (Phi) is 3.65. The highest BCUT2D eigenvalue weighted by atomic mass is 16.5. The molecule has 2 bridgehead atoms. The summed E-state index contributed by atoms with van der Waals surface area (Å²) in [6.07, 6.45) is 6.29. The van der Waals surface area contributed by atoms with Crippen LogP contribution in [0.3, 0.4) is 0 Å². The average Bonchev–Trinajstić information content (AvgIpc) is 2.89. The standard InChI is InChI=1S/C15H23N3O3/c1-15(20)6-9-3-4-12(10(5-9)7-15)17-13(19)11-8-16-18-14(11)21-2/h8-10,12,20H,3-7H2,1-2H3,(H,16,18)(H,17,19)/t9?,10?,12-,15+/m1/s1. The van der Waals surface area contributed by atoms with Crippen molar-refractivity contribution in [3.63, 3.8) is 0 Å². The third-order valence-electron chi connectivity index (χ3n) is 4.89. The number of carbonyl (C=O) groups is 1. The Hall–Kier alpha value is -1.56. The number of aromatic amines is 1. The van der Waals surface area contributed by atoms with E-state index in [4.69, 9.17) is 4.74 Å². The Bertz CT molecular complexity index is 526. The molecule has 2 saturated carbocycles. The van der Waals surface area contributed by atoms with Crippen LogP contribution in [0.4, 0.5) is 0 Å². The van der Waals surface area contributed by atoms with Gasteiger partial charge in [0.2, 0.25) is 5.88 Å². The van der Waals surface area contributed by atoms with Crippen LogP contribution >= 0.6 is 0 Å². The molecule has 1 aromatic rings. The molecule has 1 heterocycles. The number of fused-ring (bicyclic) bond motifs is 2. The number of ether oxygens (including phenoxy) is 1. The highest BCUT2D eigenvalue weighted by Gasteiger charge is 2.42. The Morgan fingerprint density at radius 2 is 2.33 bits per heavy atom. The zero-order valence-electron chi connectivity index (χ0n) is 12.6. The number of hydrogen-bond donors (Lipinski definition) is 3. The van der Waals surface area contributed by atoms with Gasteiger partial charge in [-0.3, -0.25) is 4.79 Å². The lowest BCUT2D eigenvalue weighted by Gasteiger charge is -2.46. The van der Waals surface area contributed by atoms with Gasteiger partial charge < -0.3 is 15.2 Å². The summed E-state index contributed by atoms with van der Waals surface area (Å²) in [5.41, 5.74) is -0.160. The summed E-state index contributed by atoms with van der Waals surface area (Å²) in [7, 11) is 1.51. The van der Waals surface area contributed by atoms with Crippen LogP contribution in [0.1, 0.15) is 49.4 Å². The molecular formula is C15H23N3O3. The van der Waals surface area contributed by atoms with Gasteiger partial charge in [0.15, 0.2) is 0 Å². The Labute approximate surface area is 124 Å². The van der Waals surface area contributed by atoms with Crippen molar-refractivity contribution in [1.29, 1.82) is 0 Å². The number of methoxy groups -OCH3 is 1. The fourth-order valence-corrected chi connectivity index (χ4v) is 4.07. The van der Waals surface area contributed by atoms with Crippen LogP contribution in [-0.2, 0) is 0 Å². The minimum absolute atomic E-state index is 0.125. The van der Waals surface area contributed by atoms with E-state index in [9.17, 15) is 9.90 Å². The highest BCUT2D eigenvalue weighted by Crippen LogP contribution is 2.44. The zero-order chi connectivity index (χ0) is 15.0. The van der Waals surface area contributed by atoms with Gasteiger partial charge in [-0.15, -0.1) is 0 Å². The first-order valence-corrected chi connectivity index (χ1v) is 7.59. The van der Waals surface area contributed by atoms with Crippen LogP contribution in [-0.4, -0.2) is 40.0 Å². The molecule has 4 atom stereocenters. The summed E-state index contributed by atoms with van der Waals surface area (Å²) in [5, 5.41) is 19.9. The largest absolute Gasteiger partial charge is 0.481 e. The predicted octanol–water partition coefficient (Wildman–Crippen LogP) is 1.48. The van der Waals surface area contributed by atoms with E-state index in [0.717, 1.165) is 32.1 Å². The van der Waals surface area contributed by atoms with Crippen LogP contribution in [0.2, 0.25) is 0 Å². The second-order valence-corrected chi connectivity index (χ2v) is 6.74. The Morgan fingerprint density at radius 3 is 3.10 bits per heavy atom. The topological polar surface area (TPSA) is 87.2 Å². The number of aliphatic hydroxyl groups is 1. The first-order valence-electron chi connectivity index (χ1n) is 7.59. The van der Waals surface area contributed by atoms with Gasteiger partial charge >= 0.3 is 0 Å². The lowest BCUT2D eigenvalue weighted by atomic mass is 9.64. The summed E-state index contributed by atoms with van der Waals surface area (Å²) in [5.74, 6) is 1.18. The smallest absolute Gasteiger partial charge is 0.258 e. The molecule has 6 heteroatoms. The van der Waals surface area contributed by atoms with E-state index in [-0.39, 0.29) is 11.9 Å². The minimum atomic E-state index is -0.593. The van der Waals surface area contributed by atoms with E-state index < -0.39 is 5.60 Å². The van der Waals surface area contributed by atoms with Crippen molar-refractivity contribution in [1.82, 2.24) is 15.5 Å². The molecule has 1 amide bonds. The molecule has 3 rings (SSSR count). The van der Waals surface area contributed by atoms with Crippen molar-refractivity contribution < 1.29 is 14.6 Å². The van der Waals surface area contributed by atoms with Gasteiger partial charge in [0.05, 0.1) is 18.9 Å². The molecule has 6 nitrogen and oxygen atoms in total. The summed E-state index contributed by atoms with van der Waals surface area (Å²) >= 11 is 0. The van der Waals surface area contributed by atoms with Crippen LogP contribution < -0.4 is 10.1 Å². The molecule has 2 aliphatic carbocycles. The molecule has 0 aromatic carbocycles. The molecule has 0 aliphatic heterocycles. The minimum Gasteiger partial charge on any atom is -0.481 e. The third-order valence-corrected chi connectivity index (χ3v) is 4.89. The predicted molar refractivity (Wildman–Crippen MR) is 77.1 cm³/mol. The SMILES string of the molecule is COc1[nH]ncc1C(=O)N[C@@H]1CCC2CC1C[C@@](C)(O)C2. The summed E-state index contributed by atoms with van der Waals surface area (Å²) in [6.45, 7) is 1.91. The first-order chi connectivity index (χ1) is 9.98. The van der Waals surface area contributed by atoms with Crippen LogP contribution in [0.25, 0.3) is 0 Å². The molecule has 0 saturated heterocycles. The molecule has 3 N–H and O–H groups in total. The second kappa shape index (κ2) is 5.33. The lowest BCUT2D eigenvalue weighted by molar-refractivity contribution is -0.0456. The molecule has 0 spiro atoms. The van der Waals surface area contributed by atoms with E-state index >= 15 is 0 Å². The highest BCUT2D eigenvalue weighted by molar-refractivity contribution is 5.96. The van der Waals surface area contributed by atoms with E-state index in [1.165, 1.54) is 13.3 Å². The fraction of sp³-hybridized carbons (Fsp3) is 0.733. The van der Waals surface area contributed by atoms with Gasteiger partial charge in [-0.25, -0.2) is 5.10 Å². The maximum Gasteiger partial charge on any atom is 0.258 e. The zero-order valence-corrected chi connectivity index (χ0v) is 12.6. The summed E-state index contributed by atoms with van der Waals surface area (Å²) in [4.78, 5) is 12.4. The molecule has 21 heavy (non-hydrogen) atoms. The third kappa shape index (κ3) is 2.90. The Balaban J connectivity index is 1.69. The normalized spacial score (nSPS) is 35.3. The molecule has 2 aliphatic rings. The van der Waals surface area contributed by atoms with Crippen molar-refractivity contribution in [2.24, 2.45) is 11.8 Å². The molecule has 116 valence electrons. The Morgan fingerprint density at radius 1 is 1.52 bits per heavy atom. The molecule has 1 aromatic heterocycles. The van der Waals surface area contributed by atoms with Crippen molar-refractivity contribution in [2.75, 3.05) is 7.11 Å². The lowest BCUT2D eigenvalue weighted by Crippen LogP contribution is -2.50. The van der Waals surface area contributed by atoms with Crippen LogP contribution in [0, 0.1) is 11.8 Å². The van der Waals surface area contributed by atoms with Crippen molar-refractivity contribution in [2.45, 2.75) is 50.7 Å². The number of H-pyrrole nitrogens is 1. The average molecular weight is 293 g/mol. The van der Waals surface area contributed by atoms with Crippen molar-refractivity contribution >= 4 is 5.91 Å². The van der Waals surface area contributed by atoms with Crippen molar-refractivity contribution in [3.8, 4) is 5.88 Å². The van der Waals surface area contributed by atoms with Gasteiger partial charge in [-0.05, 0) is 50.9 Å². The first kappa shape index (κ1) is 14.4. The monoisotopic (exact) mass is 293 g/mol. The quantitative estimate of drug-likeness (QED) is 0.787. The molecule has 2 unspecified atom stereocenters. The van der Waals surface area contributed by atoms with Crippen LogP contribution in [0.15, 0.2) is 6.20 Å². The summed E-state index contributed by atoms with van der Waals surface area (Å²) < 4.78 is 5.09. The van der Waals surface area contributed by atoms with Gasteiger partial charge in [-0.2, -0.15) is 5.10 Å².